The summed E-state index contributed by atoms with van der Waals surface area (Å²) in [4.78, 5) is 0.168. The molecule has 1 N–H and O–H groups in total. The molecule has 100 valence electrons. The third-order valence-electron chi connectivity index (χ3n) is 2.92. The van der Waals surface area contributed by atoms with Crippen LogP contribution >= 0.6 is 27.5 Å². The third-order valence-corrected chi connectivity index (χ3v) is 5.91. The lowest BCUT2D eigenvalue weighted by Gasteiger charge is -2.33. The molecule has 1 heterocycles. The van der Waals surface area contributed by atoms with Crippen LogP contribution in [0.3, 0.4) is 0 Å². The fourth-order valence-electron chi connectivity index (χ4n) is 1.99. The van der Waals surface area contributed by atoms with Gasteiger partial charge in [0.2, 0.25) is 10.0 Å². The zero-order valence-corrected chi connectivity index (χ0v) is 13.0. The van der Waals surface area contributed by atoms with Crippen molar-refractivity contribution in [3.63, 3.8) is 0 Å². The highest BCUT2D eigenvalue weighted by atomic mass is 79.9. The Morgan fingerprint density at radius 1 is 1.50 bits per heavy atom. The summed E-state index contributed by atoms with van der Waals surface area (Å²) >= 11 is 9.30. The highest BCUT2D eigenvalue weighted by Crippen LogP contribution is 2.28. The van der Waals surface area contributed by atoms with Crippen LogP contribution in [0.15, 0.2) is 27.6 Å². The third kappa shape index (κ3) is 2.72. The van der Waals surface area contributed by atoms with Crippen molar-refractivity contribution < 1.29 is 8.42 Å². The van der Waals surface area contributed by atoms with E-state index in [4.69, 9.17) is 11.6 Å². The molecule has 0 unspecified atom stereocenters. The quantitative estimate of drug-likeness (QED) is 0.885. The number of hydrogen-bond acceptors (Lipinski definition) is 3. The van der Waals surface area contributed by atoms with Gasteiger partial charge in [0.15, 0.2) is 0 Å². The van der Waals surface area contributed by atoms with Crippen molar-refractivity contribution in [2.24, 2.45) is 0 Å². The van der Waals surface area contributed by atoms with Crippen LogP contribution in [0.4, 0.5) is 0 Å². The zero-order chi connectivity index (χ0) is 13.3. The van der Waals surface area contributed by atoms with E-state index >= 15 is 0 Å². The van der Waals surface area contributed by atoms with Crippen LogP contribution in [-0.4, -0.2) is 38.4 Å². The molecule has 1 aliphatic rings. The Balaban J connectivity index is 2.41. The number of rotatable bonds is 2. The van der Waals surface area contributed by atoms with Gasteiger partial charge in [-0.25, -0.2) is 8.42 Å². The average molecular weight is 354 g/mol. The van der Waals surface area contributed by atoms with Gasteiger partial charge in [0.25, 0.3) is 0 Å². The molecule has 2 rings (SSSR count). The molecule has 1 aliphatic heterocycles. The summed E-state index contributed by atoms with van der Waals surface area (Å²) in [6, 6.07) is 4.76. The molecule has 1 aromatic rings. The van der Waals surface area contributed by atoms with E-state index in [0.29, 0.717) is 19.6 Å². The van der Waals surface area contributed by atoms with Crippen LogP contribution in [0, 0.1) is 0 Å². The fraction of sp³-hybridized carbons (Fsp3) is 0.455. The van der Waals surface area contributed by atoms with E-state index in [9.17, 15) is 8.42 Å². The molecule has 1 saturated heterocycles. The molecule has 1 fully saturated rings. The second-order valence-corrected chi connectivity index (χ2v) is 7.43. The van der Waals surface area contributed by atoms with Gasteiger partial charge in [0, 0.05) is 30.1 Å². The Kier molecular flexibility index (Phi) is 4.33. The Bertz CT molecular complexity index is 550. The van der Waals surface area contributed by atoms with Crippen molar-refractivity contribution in [1.29, 1.82) is 0 Å². The smallest absolute Gasteiger partial charge is 0.244 e. The van der Waals surface area contributed by atoms with Crippen molar-refractivity contribution >= 4 is 37.6 Å². The fourth-order valence-corrected chi connectivity index (χ4v) is 4.63. The Morgan fingerprint density at radius 2 is 2.22 bits per heavy atom. The van der Waals surface area contributed by atoms with E-state index in [1.165, 1.54) is 10.4 Å². The van der Waals surface area contributed by atoms with E-state index in [-0.39, 0.29) is 16.0 Å². The van der Waals surface area contributed by atoms with E-state index < -0.39 is 10.0 Å². The Hall–Kier alpha value is -0.140. The van der Waals surface area contributed by atoms with Crippen LogP contribution in [0.1, 0.15) is 6.92 Å². The lowest BCUT2D eigenvalue weighted by atomic mass is 10.3. The summed E-state index contributed by atoms with van der Waals surface area (Å²) in [6.07, 6.45) is 0. The van der Waals surface area contributed by atoms with Crippen LogP contribution in [-0.2, 0) is 10.0 Å². The van der Waals surface area contributed by atoms with Gasteiger partial charge in [-0.2, -0.15) is 4.31 Å². The lowest BCUT2D eigenvalue weighted by molar-refractivity contribution is 0.284. The van der Waals surface area contributed by atoms with E-state index in [1.807, 2.05) is 6.92 Å². The second-order valence-electron chi connectivity index (χ2n) is 4.24. The summed E-state index contributed by atoms with van der Waals surface area (Å²) < 4.78 is 27.3. The summed E-state index contributed by atoms with van der Waals surface area (Å²) in [5, 5.41) is 3.41. The number of nitrogens with one attached hydrogen (secondary N) is 1. The maximum absolute atomic E-state index is 12.5. The first-order valence-corrected chi connectivity index (χ1v) is 8.21. The largest absolute Gasteiger partial charge is 0.314 e. The van der Waals surface area contributed by atoms with Crippen LogP contribution in [0.2, 0.25) is 5.02 Å². The van der Waals surface area contributed by atoms with Crippen LogP contribution < -0.4 is 5.32 Å². The first-order chi connectivity index (χ1) is 8.43. The first kappa shape index (κ1) is 14.3. The van der Waals surface area contributed by atoms with E-state index in [2.05, 4.69) is 21.2 Å². The molecular formula is C11H14BrClN2O2S. The first-order valence-electron chi connectivity index (χ1n) is 5.60. The topological polar surface area (TPSA) is 49.4 Å². The zero-order valence-electron chi connectivity index (χ0n) is 9.86. The van der Waals surface area contributed by atoms with Crippen molar-refractivity contribution in [2.45, 2.75) is 17.9 Å². The standard InChI is InChI=1S/C11H14BrClN2O2S/c1-8-7-14-4-5-15(8)18(16,17)11-3-2-9(12)6-10(11)13/h2-3,6,8,14H,4-5,7H2,1H3/t8-/m0/s1. The minimum Gasteiger partial charge on any atom is -0.314 e. The summed E-state index contributed by atoms with van der Waals surface area (Å²) in [5.41, 5.74) is 0. The summed E-state index contributed by atoms with van der Waals surface area (Å²) in [7, 11) is -3.52. The van der Waals surface area contributed by atoms with Gasteiger partial charge >= 0.3 is 0 Å². The predicted molar refractivity (Wildman–Crippen MR) is 75.4 cm³/mol. The molecule has 4 nitrogen and oxygen atoms in total. The highest BCUT2D eigenvalue weighted by Gasteiger charge is 2.32. The van der Waals surface area contributed by atoms with Gasteiger partial charge in [0.1, 0.15) is 4.90 Å². The molecule has 0 bridgehead atoms. The molecule has 0 saturated carbocycles. The molecule has 0 radical (unpaired) electrons. The monoisotopic (exact) mass is 352 g/mol. The van der Waals surface area contributed by atoms with Crippen LogP contribution in [0.25, 0.3) is 0 Å². The molecule has 1 atom stereocenters. The van der Waals surface area contributed by atoms with Gasteiger partial charge in [-0.05, 0) is 25.1 Å². The maximum Gasteiger partial charge on any atom is 0.244 e. The predicted octanol–water partition coefficient (Wildman–Crippen LogP) is 2.08. The molecule has 0 aliphatic carbocycles. The maximum atomic E-state index is 12.5. The van der Waals surface area contributed by atoms with Crippen LogP contribution in [0.5, 0.6) is 0 Å². The Labute approximate surface area is 120 Å². The van der Waals surface area contributed by atoms with Gasteiger partial charge < -0.3 is 5.32 Å². The number of hydrogen-bond donors (Lipinski definition) is 1. The Morgan fingerprint density at radius 3 is 2.83 bits per heavy atom. The average Bonchev–Trinajstić information content (AvgIpc) is 2.28. The van der Waals surface area contributed by atoms with Crippen molar-refractivity contribution in [3.8, 4) is 0 Å². The second kappa shape index (κ2) is 5.46. The van der Waals surface area contributed by atoms with E-state index in [1.54, 1.807) is 12.1 Å². The number of nitrogens with zero attached hydrogens (tertiary/aromatic N) is 1. The molecular weight excluding hydrogens is 340 g/mol. The minimum atomic E-state index is -3.52. The van der Waals surface area contributed by atoms with E-state index in [0.717, 1.165) is 4.47 Å². The summed E-state index contributed by atoms with van der Waals surface area (Å²) in [5.74, 6) is 0. The molecule has 18 heavy (non-hydrogen) atoms. The SMILES string of the molecule is C[C@H]1CNCCN1S(=O)(=O)c1ccc(Br)cc1Cl. The molecule has 0 spiro atoms. The van der Waals surface area contributed by atoms with Gasteiger partial charge in [-0.15, -0.1) is 0 Å². The molecule has 1 aromatic carbocycles. The number of sulfonamides is 1. The van der Waals surface area contributed by atoms with Crippen molar-refractivity contribution in [1.82, 2.24) is 9.62 Å². The normalized spacial score (nSPS) is 22.1. The number of piperazine rings is 1. The lowest BCUT2D eigenvalue weighted by Crippen LogP contribution is -2.52. The number of halogens is 2. The van der Waals surface area contributed by atoms with Crippen molar-refractivity contribution in [3.05, 3.63) is 27.7 Å². The minimum absolute atomic E-state index is 0.0662. The van der Waals surface area contributed by atoms with Crippen molar-refractivity contribution in [2.75, 3.05) is 19.6 Å². The summed E-state index contributed by atoms with van der Waals surface area (Å²) in [6.45, 7) is 3.68. The van der Waals surface area contributed by atoms with Gasteiger partial charge in [-0.1, -0.05) is 27.5 Å². The van der Waals surface area contributed by atoms with Gasteiger partial charge in [-0.3, -0.25) is 0 Å². The van der Waals surface area contributed by atoms with Gasteiger partial charge in [0.05, 0.1) is 5.02 Å². The molecule has 0 amide bonds. The molecule has 0 aromatic heterocycles. The highest BCUT2D eigenvalue weighted by molar-refractivity contribution is 9.10. The number of benzene rings is 1. The molecule has 7 heteroatoms.